The first-order chi connectivity index (χ1) is 13.5. The first kappa shape index (κ1) is 17.8. The van der Waals surface area contributed by atoms with Crippen LogP contribution in [0, 0.1) is 10.1 Å². The number of oxazole rings is 1. The van der Waals surface area contributed by atoms with Gasteiger partial charge in [-0.05, 0) is 52.3 Å². The van der Waals surface area contributed by atoms with E-state index in [1.54, 1.807) is 30.6 Å². The highest BCUT2D eigenvalue weighted by Gasteiger charge is 2.12. The Morgan fingerprint density at radius 2 is 1.89 bits per heavy atom. The van der Waals surface area contributed by atoms with Crippen LogP contribution in [-0.2, 0) is 0 Å². The number of hydrogen-bond acceptors (Lipinski definition) is 6. The van der Waals surface area contributed by atoms with Crippen LogP contribution in [0.4, 0.5) is 11.4 Å². The van der Waals surface area contributed by atoms with Crippen molar-refractivity contribution in [3.05, 3.63) is 81.1 Å². The molecule has 28 heavy (non-hydrogen) atoms. The van der Waals surface area contributed by atoms with Gasteiger partial charge < -0.3 is 9.73 Å². The van der Waals surface area contributed by atoms with Crippen LogP contribution in [-0.4, -0.2) is 20.8 Å². The number of amides is 1. The molecule has 0 saturated heterocycles. The summed E-state index contributed by atoms with van der Waals surface area (Å²) in [7, 11) is 0. The van der Waals surface area contributed by atoms with E-state index in [9.17, 15) is 14.9 Å². The van der Waals surface area contributed by atoms with Crippen molar-refractivity contribution >= 4 is 44.3 Å². The lowest BCUT2D eigenvalue weighted by molar-refractivity contribution is -0.384. The number of non-ortho nitro benzene ring substituents is 1. The second-order valence-corrected chi connectivity index (χ2v) is 6.77. The number of nitro benzene ring substituents is 1. The van der Waals surface area contributed by atoms with Crippen molar-refractivity contribution in [2.24, 2.45) is 0 Å². The maximum atomic E-state index is 12.4. The molecule has 0 aliphatic rings. The Hall–Kier alpha value is -3.59. The second kappa shape index (κ2) is 7.20. The third-order valence-electron chi connectivity index (χ3n) is 3.94. The molecule has 0 radical (unpaired) electrons. The Morgan fingerprint density at radius 1 is 1.11 bits per heavy atom. The van der Waals surface area contributed by atoms with Crippen LogP contribution < -0.4 is 5.32 Å². The molecule has 4 aromatic rings. The Bertz CT molecular complexity index is 1200. The fraction of sp³-hybridized carbons (Fsp3) is 0. The third-order valence-corrected chi connectivity index (χ3v) is 4.37. The summed E-state index contributed by atoms with van der Waals surface area (Å²) in [5.74, 6) is 0.0387. The number of aromatic nitrogens is 2. The molecular weight excluding hydrogens is 428 g/mol. The summed E-state index contributed by atoms with van der Waals surface area (Å²) in [5.41, 5.74) is 2.65. The molecule has 2 heterocycles. The van der Waals surface area contributed by atoms with Crippen molar-refractivity contribution in [3.8, 4) is 11.5 Å². The number of nitrogens with one attached hydrogen (secondary N) is 1. The van der Waals surface area contributed by atoms with E-state index in [1.165, 1.54) is 24.3 Å². The minimum absolute atomic E-state index is 0.0739. The van der Waals surface area contributed by atoms with E-state index in [1.807, 2.05) is 6.07 Å². The number of benzene rings is 2. The number of halogens is 1. The average Bonchev–Trinajstić information content (AvgIpc) is 3.11. The van der Waals surface area contributed by atoms with Crippen LogP contribution in [0.1, 0.15) is 10.4 Å². The molecule has 138 valence electrons. The van der Waals surface area contributed by atoms with E-state index in [0.29, 0.717) is 28.2 Å². The van der Waals surface area contributed by atoms with E-state index < -0.39 is 4.92 Å². The van der Waals surface area contributed by atoms with Gasteiger partial charge in [0.05, 0.1) is 10.5 Å². The number of anilines is 1. The van der Waals surface area contributed by atoms with Crippen LogP contribution in [0.5, 0.6) is 0 Å². The van der Waals surface area contributed by atoms with Gasteiger partial charge in [0.1, 0.15) is 5.52 Å². The highest BCUT2D eigenvalue weighted by atomic mass is 79.9. The Balaban J connectivity index is 1.57. The topological polar surface area (TPSA) is 111 Å². The van der Waals surface area contributed by atoms with Gasteiger partial charge in [-0.3, -0.25) is 19.9 Å². The molecule has 0 bridgehead atoms. The van der Waals surface area contributed by atoms with E-state index in [4.69, 9.17) is 4.42 Å². The van der Waals surface area contributed by atoms with Crippen molar-refractivity contribution in [2.45, 2.75) is 0 Å². The van der Waals surface area contributed by atoms with Crippen molar-refractivity contribution in [3.63, 3.8) is 0 Å². The van der Waals surface area contributed by atoms with Crippen molar-refractivity contribution in [1.82, 2.24) is 9.97 Å². The van der Waals surface area contributed by atoms with E-state index in [0.717, 1.165) is 10.0 Å². The predicted molar refractivity (Wildman–Crippen MR) is 106 cm³/mol. The molecule has 0 spiro atoms. The number of rotatable bonds is 4. The molecule has 0 aliphatic carbocycles. The lowest BCUT2D eigenvalue weighted by Crippen LogP contribution is -2.11. The largest absolute Gasteiger partial charge is 0.436 e. The predicted octanol–water partition coefficient (Wildman–Crippen LogP) is 4.81. The standard InChI is InChI=1S/C19H11BrN4O4/c20-13-7-12(9-21-10-13)19-23-16-8-14(3-6-17(16)28-19)22-18(25)11-1-4-15(5-2-11)24(26)27/h1-10H,(H,22,25). The molecular formula is C19H11BrN4O4. The molecule has 1 N–H and O–H groups in total. The molecule has 0 aliphatic heterocycles. The number of nitrogens with zero attached hydrogens (tertiary/aromatic N) is 3. The molecule has 0 atom stereocenters. The SMILES string of the molecule is O=C(Nc1ccc2oc(-c3cncc(Br)c3)nc2c1)c1ccc([N+](=O)[O-])cc1. The molecule has 2 aromatic carbocycles. The minimum atomic E-state index is -0.515. The molecule has 1 amide bonds. The zero-order valence-corrected chi connectivity index (χ0v) is 15.7. The van der Waals surface area contributed by atoms with Crippen molar-refractivity contribution in [2.75, 3.05) is 5.32 Å². The quantitative estimate of drug-likeness (QED) is 0.361. The van der Waals surface area contributed by atoms with Crippen LogP contribution in [0.15, 0.2) is 69.8 Å². The lowest BCUT2D eigenvalue weighted by atomic mass is 10.2. The van der Waals surface area contributed by atoms with E-state index >= 15 is 0 Å². The minimum Gasteiger partial charge on any atom is -0.436 e. The maximum Gasteiger partial charge on any atom is 0.269 e. The highest BCUT2D eigenvalue weighted by molar-refractivity contribution is 9.10. The number of carbonyl (C=O) groups excluding carboxylic acids is 1. The molecule has 9 heteroatoms. The first-order valence-electron chi connectivity index (χ1n) is 8.07. The summed E-state index contributed by atoms with van der Waals surface area (Å²) in [6.07, 6.45) is 3.31. The van der Waals surface area contributed by atoms with Gasteiger partial charge in [0.25, 0.3) is 11.6 Å². The van der Waals surface area contributed by atoms with Gasteiger partial charge >= 0.3 is 0 Å². The summed E-state index contributed by atoms with van der Waals surface area (Å²) in [5, 5.41) is 13.5. The number of nitro groups is 1. The summed E-state index contributed by atoms with van der Waals surface area (Å²) in [6, 6.07) is 12.3. The number of pyridine rings is 1. The first-order valence-corrected chi connectivity index (χ1v) is 8.86. The molecule has 0 unspecified atom stereocenters. The zero-order chi connectivity index (χ0) is 19.7. The Labute approximate surface area is 166 Å². The summed E-state index contributed by atoms with van der Waals surface area (Å²) < 4.78 is 6.55. The fourth-order valence-corrected chi connectivity index (χ4v) is 2.96. The number of fused-ring (bicyclic) bond motifs is 1. The third kappa shape index (κ3) is 3.60. The molecule has 8 nitrogen and oxygen atoms in total. The maximum absolute atomic E-state index is 12.4. The highest BCUT2D eigenvalue weighted by Crippen LogP contribution is 2.27. The van der Waals surface area contributed by atoms with Gasteiger partial charge in [-0.1, -0.05) is 0 Å². The Kier molecular flexibility index (Phi) is 4.58. The Morgan fingerprint density at radius 3 is 2.61 bits per heavy atom. The van der Waals surface area contributed by atoms with Crippen molar-refractivity contribution < 1.29 is 14.1 Å². The fourth-order valence-electron chi connectivity index (χ4n) is 2.60. The zero-order valence-electron chi connectivity index (χ0n) is 14.1. The number of hydrogen-bond donors (Lipinski definition) is 1. The molecule has 0 fully saturated rings. The van der Waals surface area contributed by atoms with Gasteiger partial charge in [-0.15, -0.1) is 0 Å². The van der Waals surface area contributed by atoms with E-state index in [-0.39, 0.29) is 11.6 Å². The normalized spacial score (nSPS) is 10.8. The molecule has 4 rings (SSSR count). The van der Waals surface area contributed by atoms with Crippen molar-refractivity contribution in [1.29, 1.82) is 0 Å². The van der Waals surface area contributed by atoms with Gasteiger partial charge in [-0.2, -0.15) is 0 Å². The smallest absolute Gasteiger partial charge is 0.269 e. The van der Waals surface area contributed by atoms with E-state index in [2.05, 4.69) is 31.2 Å². The number of carbonyl (C=O) groups is 1. The lowest BCUT2D eigenvalue weighted by Gasteiger charge is -2.04. The average molecular weight is 439 g/mol. The summed E-state index contributed by atoms with van der Waals surface area (Å²) in [6.45, 7) is 0. The van der Waals surface area contributed by atoms with Gasteiger partial charge in [0.15, 0.2) is 5.58 Å². The van der Waals surface area contributed by atoms with Crippen LogP contribution in [0.25, 0.3) is 22.6 Å². The van der Waals surface area contributed by atoms with Crippen LogP contribution in [0.3, 0.4) is 0 Å². The van der Waals surface area contributed by atoms with Gasteiger partial charge in [0, 0.05) is 40.2 Å². The van der Waals surface area contributed by atoms with Crippen LogP contribution in [0.2, 0.25) is 0 Å². The molecule has 2 aromatic heterocycles. The second-order valence-electron chi connectivity index (χ2n) is 5.85. The van der Waals surface area contributed by atoms with Gasteiger partial charge in [-0.25, -0.2) is 4.98 Å². The summed E-state index contributed by atoms with van der Waals surface area (Å²) in [4.78, 5) is 31.1. The monoisotopic (exact) mass is 438 g/mol. The van der Waals surface area contributed by atoms with Gasteiger partial charge in [0.2, 0.25) is 5.89 Å². The molecule has 0 saturated carbocycles. The van der Waals surface area contributed by atoms with Crippen LogP contribution >= 0.6 is 15.9 Å². The summed E-state index contributed by atoms with van der Waals surface area (Å²) >= 11 is 3.36.